The van der Waals surface area contributed by atoms with Crippen molar-refractivity contribution in [3.63, 3.8) is 0 Å². The topological polar surface area (TPSA) is 102 Å². The van der Waals surface area contributed by atoms with Crippen LogP contribution in [-0.4, -0.2) is 30.5 Å². The van der Waals surface area contributed by atoms with Crippen molar-refractivity contribution < 1.29 is 12.9 Å². The van der Waals surface area contributed by atoms with Gasteiger partial charge < -0.3 is 4.52 Å². The molecule has 1 aromatic heterocycles. The molecule has 1 aliphatic rings. The minimum absolute atomic E-state index is 0.0143. The number of nitrogens with two attached hydrogens (primary N) is 1. The number of primary sulfonamides is 1. The van der Waals surface area contributed by atoms with Crippen LogP contribution < -0.4 is 5.14 Å². The number of rotatable bonds is 6. The molecule has 2 aromatic rings. The van der Waals surface area contributed by atoms with Gasteiger partial charge in [0.2, 0.25) is 15.9 Å². The standard InChI is InChI=1S/C15H20N4O3S/c1-10(12-4-3-5-13(8-12)23(16,20)21)19(2)9-14-17-15(22-18-14)11-6-7-11/h3-5,8,10-11H,6-7,9H2,1-2H3,(H2,16,20,21)/t10-/m1/s1. The summed E-state index contributed by atoms with van der Waals surface area (Å²) in [7, 11) is -1.77. The van der Waals surface area contributed by atoms with Crippen LogP contribution in [-0.2, 0) is 16.6 Å². The highest BCUT2D eigenvalue weighted by molar-refractivity contribution is 7.89. The van der Waals surface area contributed by atoms with Crippen LogP contribution in [0.5, 0.6) is 0 Å². The second kappa shape index (κ2) is 6.03. The minimum atomic E-state index is -3.70. The summed E-state index contributed by atoms with van der Waals surface area (Å²) >= 11 is 0. The first-order chi connectivity index (χ1) is 10.8. The third-order valence-corrected chi connectivity index (χ3v) is 5.04. The largest absolute Gasteiger partial charge is 0.339 e. The Balaban J connectivity index is 1.72. The van der Waals surface area contributed by atoms with Crippen LogP contribution >= 0.6 is 0 Å². The Hall–Kier alpha value is -1.77. The first-order valence-corrected chi connectivity index (χ1v) is 9.04. The SMILES string of the molecule is C[C@H](c1cccc(S(N)(=O)=O)c1)N(C)Cc1noc(C2CC2)n1. The molecule has 1 aliphatic carbocycles. The van der Waals surface area contributed by atoms with Crippen LogP contribution in [0.15, 0.2) is 33.7 Å². The quantitative estimate of drug-likeness (QED) is 0.862. The normalized spacial score (nSPS) is 16.7. The molecule has 3 rings (SSSR count). The number of benzene rings is 1. The van der Waals surface area contributed by atoms with Gasteiger partial charge in [-0.2, -0.15) is 4.98 Å². The van der Waals surface area contributed by atoms with Crippen molar-refractivity contribution in [1.82, 2.24) is 15.0 Å². The van der Waals surface area contributed by atoms with Gasteiger partial charge in [0, 0.05) is 12.0 Å². The molecule has 1 heterocycles. The molecule has 0 bridgehead atoms. The van der Waals surface area contributed by atoms with Gasteiger partial charge >= 0.3 is 0 Å². The van der Waals surface area contributed by atoms with Gasteiger partial charge in [-0.05, 0) is 44.5 Å². The fourth-order valence-electron chi connectivity index (χ4n) is 2.39. The van der Waals surface area contributed by atoms with Crippen molar-refractivity contribution >= 4 is 10.0 Å². The molecule has 0 spiro atoms. The molecule has 0 amide bonds. The van der Waals surface area contributed by atoms with Crippen LogP contribution in [0.2, 0.25) is 0 Å². The maximum atomic E-state index is 11.5. The lowest BCUT2D eigenvalue weighted by Gasteiger charge is -2.23. The van der Waals surface area contributed by atoms with E-state index in [4.69, 9.17) is 9.66 Å². The Labute approximate surface area is 135 Å². The number of aromatic nitrogens is 2. The third kappa shape index (κ3) is 3.77. The molecule has 1 aromatic carbocycles. The molecule has 23 heavy (non-hydrogen) atoms. The molecule has 2 N–H and O–H groups in total. The van der Waals surface area contributed by atoms with Gasteiger partial charge in [-0.15, -0.1) is 0 Å². The van der Waals surface area contributed by atoms with Crippen molar-refractivity contribution in [2.24, 2.45) is 5.14 Å². The maximum Gasteiger partial charge on any atom is 0.238 e. The van der Waals surface area contributed by atoms with E-state index in [1.165, 1.54) is 6.07 Å². The molecule has 1 atom stereocenters. The van der Waals surface area contributed by atoms with Crippen LogP contribution in [0, 0.1) is 0 Å². The zero-order valence-corrected chi connectivity index (χ0v) is 14.0. The van der Waals surface area contributed by atoms with E-state index >= 15 is 0 Å². The average molecular weight is 336 g/mol. The summed E-state index contributed by atoms with van der Waals surface area (Å²) in [6.07, 6.45) is 2.24. The Morgan fingerprint density at radius 3 is 2.83 bits per heavy atom. The first kappa shape index (κ1) is 16.1. The molecule has 7 nitrogen and oxygen atoms in total. The van der Waals surface area contributed by atoms with Crippen LogP contribution in [0.3, 0.4) is 0 Å². The minimum Gasteiger partial charge on any atom is -0.339 e. The van der Waals surface area contributed by atoms with E-state index in [1.54, 1.807) is 12.1 Å². The zero-order chi connectivity index (χ0) is 16.6. The molecule has 1 fully saturated rings. The fourth-order valence-corrected chi connectivity index (χ4v) is 2.96. The van der Waals surface area contributed by atoms with Crippen molar-refractivity contribution in [2.75, 3.05) is 7.05 Å². The predicted octanol–water partition coefficient (Wildman–Crippen LogP) is 1.79. The van der Waals surface area contributed by atoms with E-state index < -0.39 is 10.0 Å². The third-order valence-electron chi connectivity index (χ3n) is 4.13. The maximum absolute atomic E-state index is 11.5. The Bertz CT molecular complexity index is 799. The second-order valence-corrected chi connectivity index (χ2v) is 7.59. The van der Waals surface area contributed by atoms with Crippen molar-refractivity contribution in [1.29, 1.82) is 0 Å². The molecule has 0 radical (unpaired) electrons. The van der Waals surface area contributed by atoms with Crippen LogP contribution in [0.1, 0.15) is 49.0 Å². The van der Waals surface area contributed by atoms with Gasteiger partial charge in [0.25, 0.3) is 0 Å². The lowest BCUT2D eigenvalue weighted by Crippen LogP contribution is -2.23. The average Bonchev–Trinajstić information content (AvgIpc) is 3.26. The van der Waals surface area contributed by atoms with Crippen molar-refractivity contribution in [3.8, 4) is 0 Å². The van der Waals surface area contributed by atoms with Crippen molar-refractivity contribution in [3.05, 3.63) is 41.5 Å². The summed E-state index contributed by atoms with van der Waals surface area (Å²) in [5.74, 6) is 1.80. The molecule has 0 aliphatic heterocycles. The van der Waals surface area contributed by atoms with E-state index in [0.29, 0.717) is 18.3 Å². The molecule has 0 unspecified atom stereocenters. The summed E-state index contributed by atoms with van der Waals surface area (Å²) < 4.78 is 28.2. The highest BCUT2D eigenvalue weighted by Crippen LogP contribution is 2.38. The van der Waals surface area contributed by atoms with Crippen molar-refractivity contribution in [2.45, 2.75) is 43.2 Å². The fraction of sp³-hybridized carbons (Fsp3) is 0.467. The monoisotopic (exact) mass is 336 g/mol. The van der Waals surface area contributed by atoms with Gasteiger partial charge in [-0.3, -0.25) is 4.90 Å². The number of nitrogens with zero attached hydrogens (tertiary/aromatic N) is 3. The van der Waals surface area contributed by atoms with Gasteiger partial charge in [0.05, 0.1) is 11.4 Å². The van der Waals surface area contributed by atoms with Gasteiger partial charge in [-0.1, -0.05) is 17.3 Å². The molecule has 0 saturated heterocycles. The lowest BCUT2D eigenvalue weighted by atomic mass is 10.1. The highest BCUT2D eigenvalue weighted by Gasteiger charge is 2.29. The zero-order valence-electron chi connectivity index (χ0n) is 13.1. The second-order valence-electron chi connectivity index (χ2n) is 6.03. The molecule has 8 heteroatoms. The summed E-state index contributed by atoms with van der Waals surface area (Å²) in [6.45, 7) is 2.52. The Kier molecular flexibility index (Phi) is 4.22. The summed E-state index contributed by atoms with van der Waals surface area (Å²) in [5.41, 5.74) is 0.866. The summed E-state index contributed by atoms with van der Waals surface area (Å²) in [5, 5.41) is 9.20. The lowest BCUT2D eigenvalue weighted by molar-refractivity contribution is 0.242. The number of hydrogen-bond donors (Lipinski definition) is 1. The van der Waals surface area contributed by atoms with E-state index in [1.807, 2.05) is 24.9 Å². The summed E-state index contributed by atoms with van der Waals surface area (Å²) in [4.78, 5) is 6.56. The number of hydrogen-bond acceptors (Lipinski definition) is 6. The van der Waals surface area contributed by atoms with Gasteiger partial charge in [-0.25, -0.2) is 13.6 Å². The summed E-state index contributed by atoms with van der Waals surface area (Å²) in [6, 6.07) is 6.65. The van der Waals surface area contributed by atoms with E-state index in [0.717, 1.165) is 24.3 Å². The number of sulfonamides is 1. The van der Waals surface area contributed by atoms with E-state index in [-0.39, 0.29) is 10.9 Å². The smallest absolute Gasteiger partial charge is 0.238 e. The molecule has 1 saturated carbocycles. The molecular weight excluding hydrogens is 316 g/mol. The Morgan fingerprint density at radius 2 is 2.17 bits per heavy atom. The predicted molar refractivity (Wildman–Crippen MR) is 84.0 cm³/mol. The Morgan fingerprint density at radius 1 is 1.43 bits per heavy atom. The van der Waals surface area contributed by atoms with Gasteiger partial charge in [0.15, 0.2) is 5.82 Å². The first-order valence-electron chi connectivity index (χ1n) is 7.50. The van der Waals surface area contributed by atoms with E-state index in [9.17, 15) is 8.42 Å². The van der Waals surface area contributed by atoms with Gasteiger partial charge in [0.1, 0.15) is 0 Å². The van der Waals surface area contributed by atoms with E-state index in [2.05, 4.69) is 10.1 Å². The van der Waals surface area contributed by atoms with Crippen LogP contribution in [0.25, 0.3) is 0 Å². The van der Waals surface area contributed by atoms with Crippen LogP contribution in [0.4, 0.5) is 0 Å². The molecular formula is C15H20N4O3S. The molecule has 124 valence electrons. The highest BCUT2D eigenvalue weighted by atomic mass is 32.2.